The van der Waals surface area contributed by atoms with E-state index in [0.29, 0.717) is 24.6 Å². The van der Waals surface area contributed by atoms with Crippen LogP contribution < -0.4 is 15.8 Å². The Morgan fingerprint density at radius 3 is 2.23 bits per heavy atom. The molecule has 0 aliphatic rings. The van der Waals surface area contributed by atoms with Crippen molar-refractivity contribution in [2.75, 3.05) is 13.1 Å². The van der Waals surface area contributed by atoms with Crippen molar-refractivity contribution >= 4 is 5.96 Å². The smallest absolute Gasteiger partial charge is 0.406 e. The van der Waals surface area contributed by atoms with Gasteiger partial charge in [-0.1, -0.05) is 12.1 Å². The van der Waals surface area contributed by atoms with Crippen molar-refractivity contribution in [2.24, 2.45) is 10.7 Å². The largest absolute Gasteiger partial charge is 0.573 e. The highest BCUT2D eigenvalue weighted by atomic mass is 19.4. The van der Waals surface area contributed by atoms with Gasteiger partial charge in [0.05, 0.1) is 6.54 Å². The third-order valence-electron chi connectivity index (χ3n) is 3.81. The molecule has 0 saturated carbocycles. The van der Waals surface area contributed by atoms with E-state index in [0.717, 1.165) is 18.5 Å². The van der Waals surface area contributed by atoms with Gasteiger partial charge in [-0.2, -0.15) is 0 Å². The minimum absolute atomic E-state index is 0.254. The van der Waals surface area contributed by atoms with E-state index in [1.807, 2.05) is 0 Å². The van der Waals surface area contributed by atoms with Gasteiger partial charge in [0.15, 0.2) is 5.96 Å². The summed E-state index contributed by atoms with van der Waals surface area (Å²) in [5.74, 6) is 0.0671. The Labute approximate surface area is 153 Å². The van der Waals surface area contributed by atoms with E-state index in [4.69, 9.17) is 5.73 Å². The topological polar surface area (TPSA) is 62.9 Å². The molecule has 1 aromatic carbocycles. The lowest BCUT2D eigenvalue weighted by Gasteiger charge is -2.30. The molecular formula is C18H29F3N4O. The van der Waals surface area contributed by atoms with Gasteiger partial charge in [-0.3, -0.25) is 4.90 Å². The first kappa shape index (κ1) is 22.1. The molecule has 0 radical (unpaired) electrons. The second-order valence-corrected chi connectivity index (χ2v) is 6.60. The molecule has 0 atom stereocenters. The summed E-state index contributed by atoms with van der Waals surface area (Å²) >= 11 is 0. The van der Waals surface area contributed by atoms with Crippen LogP contribution in [-0.4, -0.2) is 42.4 Å². The highest BCUT2D eigenvalue weighted by Gasteiger charge is 2.30. The fourth-order valence-electron chi connectivity index (χ4n) is 2.62. The van der Waals surface area contributed by atoms with Crippen LogP contribution in [0.15, 0.2) is 29.3 Å². The van der Waals surface area contributed by atoms with E-state index in [1.54, 1.807) is 0 Å². The van der Waals surface area contributed by atoms with E-state index < -0.39 is 6.36 Å². The van der Waals surface area contributed by atoms with Gasteiger partial charge in [0.1, 0.15) is 5.75 Å². The summed E-state index contributed by atoms with van der Waals surface area (Å²) in [4.78, 5) is 6.59. The van der Waals surface area contributed by atoms with Crippen LogP contribution >= 0.6 is 0 Å². The Morgan fingerprint density at radius 2 is 1.73 bits per heavy atom. The Hall–Kier alpha value is -1.96. The molecule has 0 bridgehead atoms. The lowest BCUT2D eigenvalue weighted by molar-refractivity contribution is -0.274. The Balaban J connectivity index is 2.37. The molecule has 5 nitrogen and oxygen atoms in total. The van der Waals surface area contributed by atoms with Crippen LogP contribution in [0.25, 0.3) is 0 Å². The molecule has 0 amide bonds. The lowest BCUT2D eigenvalue weighted by Crippen LogP contribution is -2.40. The van der Waals surface area contributed by atoms with Crippen molar-refractivity contribution in [3.63, 3.8) is 0 Å². The number of rotatable bonds is 9. The highest BCUT2D eigenvalue weighted by Crippen LogP contribution is 2.22. The molecule has 0 heterocycles. The number of hydrogen-bond donors (Lipinski definition) is 2. The van der Waals surface area contributed by atoms with Gasteiger partial charge in [0.25, 0.3) is 0 Å². The van der Waals surface area contributed by atoms with Gasteiger partial charge in [0.2, 0.25) is 0 Å². The predicted octanol–water partition coefficient (Wildman–Crippen LogP) is 3.50. The molecule has 1 rings (SSSR count). The molecule has 1 aromatic rings. The van der Waals surface area contributed by atoms with Gasteiger partial charge in [-0.25, -0.2) is 4.99 Å². The van der Waals surface area contributed by atoms with Crippen LogP contribution in [-0.2, 0) is 6.54 Å². The first-order chi connectivity index (χ1) is 12.1. The Morgan fingerprint density at radius 1 is 1.15 bits per heavy atom. The maximum absolute atomic E-state index is 12.1. The number of benzene rings is 1. The maximum Gasteiger partial charge on any atom is 0.573 e. The van der Waals surface area contributed by atoms with Crippen molar-refractivity contribution < 1.29 is 17.9 Å². The van der Waals surface area contributed by atoms with E-state index in [1.165, 1.54) is 24.3 Å². The van der Waals surface area contributed by atoms with E-state index in [2.05, 4.69) is 47.6 Å². The third kappa shape index (κ3) is 8.94. The SMILES string of the molecule is CC(C)N(CCCNC(N)=NCc1ccc(OC(F)(F)F)cc1)C(C)C. The number of halogens is 3. The fourth-order valence-corrected chi connectivity index (χ4v) is 2.62. The van der Waals surface area contributed by atoms with Crippen molar-refractivity contribution in [2.45, 2.75) is 59.1 Å². The zero-order valence-electron chi connectivity index (χ0n) is 15.8. The molecule has 0 saturated heterocycles. The maximum atomic E-state index is 12.1. The van der Waals surface area contributed by atoms with Gasteiger partial charge >= 0.3 is 6.36 Å². The van der Waals surface area contributed by atoms with Crippen molar-refractivity contribution in [3.05, 3.63) is 29.8 Å². The standard InChI is InChI=1S/C18H29F3N4O/c1-13(2)25(14(3)4)11-5-10-23-17(22)24-12-15-6-8-16(9-7-15)26-18(19,20)21/h6-9,13-14H,5,10-12H2,1-4H3,(H3,22,23,24). The van der Waals surface area contributed by atoms with Gasteiger partial charge in [-0.05, 0) is 51.8 Å². The summed E-state index contributed by atoms with van der Waals surface area (Å²) in [5, 5.41) is 3.06. The quantitative estimate of drug-likeness (QED) is 0.395. The average molecular weight is 374 g/mol. The number of nitrogens with zero attached hydrogens (tertiary/aromatic N) is 2. The van der Waals surface area contributed by atoms with Crippen molar-refractivity contribution in [1.82, 2.24) is 10.2 Å². The van der Waals surface area contributed by atoms with Gasteiger partial charge in [0, 0.05) is 25.2 Å². The number of nitrogens with one attached hydrogen (secondary N) is 1. The number of guanidine groups is 1. The van der Waals surface area contributed by atoms with Crippen molar-refractivity contribution in [3.8, 4) is 5.75 Å². The van der Waals surface area contributed by atoms with Crippen LogP contribution in [0, 0.1) is 0 Å². The number of alkyl halides is 3. The number of nitrogens with two attached hydrogens (primary N) is 1. The minimum Gasteiger partial charge on any atom is -0.406 e. The van der Waals surface area contributed by atoms with Crippen LogP contribution in [0.3, 0.4) is 0 Å². The molecule has 0 spiro atoms. The summed E-state index contributed by atoms with van der Waals surface area (Å²) in [7, 11) is 0. The van der Waals surface area contributed by atoms with E-state index in [9.17, 15) is 13.2 Å². The second-order valence-electron chi connectivity index (χ2n) is 6.60. The van der Waals surface area contributed by atoms with Gasteiger partial charge in [-0.15, -0.1) is 13.2 Å². The normalized spacial score (nSPS) is 12.9. The first-order valence-electron chi connectivity index (χ1n) is 8.72. The van der Waals surface area contributed by atoms with E-state index >= 15 is 0 Å². The molecule has 0 aliphatic heterocycles. The number of aliphatic imine (C=N–C) groups is 1. The summed E-state index contributed by atoms with van der Waals surface area (Å²) in [5.41, 5.74) is 6.57. The molecule has 0 fully saturated rings. The fraction of sp³-hybridized carbons (Fsp3) is 0.611. The average Bonchev–Trinajstić information content (AvgIpc) is 2.51. The Kier molecular flexibility index (Phi) is 8.71. The Bertz CT molecular complexity index is 549. The van der Waals surface area contributed by atoms with Crippen LogP contribution in [0.4, 0.5) is 13.2 Å². The molecule has 8 heteroatoms. The second kappa shape index (κ2) is 10.3. The molecule has 0 aromatic heterocycles. The predicted molar refractivity (Wildman–Crippen MR) is 98.0 cm³/mol. The van der Waals surface area contributed by atoms with Crippen LogP contribution in [0.1, 0.15) is 39.7 Å². The van der Waals surface area contributed by atoms with Gasteiger partial charge < -0.3 is 15.8 Å². The van der Waals surface area contributed by atoms with Crippen LogP contribution in [0.5, 0.6) is 5.75 Å². The molecule has 0 aliphatic carbocycles. The monoisotopic (exact) mass is 374 g/mol. The number of ether oxygens (including phenoxy) is 1. The van der Waals surface area contributed by atoms with E-state index in [-0.39, 0.29) is 12.3 Å². The zero-order valence-corrected chi connectivity index (χ0v) is 15.8. The molecule has 26 heavy (non-hydrogen) atoms. The van der Waals surface area contributed by atoms with Crippen molar-refractivity contribution in [1.29, 1.82) is 0 Å². The molecule has 3 N–H and O–H groups in total. The first-order valence-corrected chi connectivity index (χ1v) is 8.72. The zero-order chi connectivity index (χ0) is 19.7. The molecule has 0 unspecified atom stereocenters. The summed E-state index contributed by atoms with van der Waals surface area (Å²) in [6.07, 6.45) is -3.75. The summed E-state index contributed by atoms with van der Waals surface area (Å²) in [6.45, 7) is 10.7. The van der Waals surface area contributed by atoms with Crippen LogP contribution in [0.2, 0.25) is 0 Å². The minimum atomic E-state index is -4.69. The summed E-state index contributed by atoms with van der Waals surface area (Å²) in [6, 6.07) is 6.56. The molecular weight excluding hydrogens is 345 g/mol. The third-order valence-corrected chi connectivity index (χ3v) is 3.81. The summed E-state index contributed by atoms with van der Waals surface area (Å²) < 4.78 is 40.2. The highest BCUT2D eigenvalue weighted by molar-refractivity contribution is 5.77. The lowest BCUT2D eigenvalue weighted by atomic mass is 10.2. The number of hydrogen-bond acceptors (Lipinski definition) is 3. The molecule has 148 valence electrons.